The highest BCUT2D eigenvalue weighted by Gasteiger charge is 2.21. The Hall–Kier alpha value is -7.70. The van der Waals surface area contributed by atoms with Crippen molar-refractivity contribution in [3.8, 4) is 56.7 Å². The molecular weight excluding hydrogens is 685 g/mol. The topological polar surface area (TPSA) is 61.4 Å². The fraction of sp³-hybridized carbons (Fsp3) is 0. The van der Waals surface area contributed by atoms with Crippen molar-refractivity contribution in [2.24, 2.45) is 0 Å². The molecule has 6 heteroatoms. The van der Waals surface area contributed by atoms with E-state index in [-0.39, 0.29) is 0 Å². The molecule has 11 rings (SSSR count). The predicted molar refractivity (Wildman–Crippen MR) is 228 cm³/mol. The number of hydrogen-bond donors (Lipinski definition) is 0. The number of rotatable bonds is 6. The van der Waals surface area contributed by atoms with Gasteiger partial charge in [0.15, 0.2) is 17.5 Å². The summed E-state index contributed by atoms with van der Waals surface area (Å²) in [5, 5.41) is 4.80. The average molecular weight is 717 g/mol. The molecule has 0 saturated heterocycles. The summed E-state index contributed by atoms with van der Waals surface area (Å²) >= 11 is 0. The van der Waals surface area contributed by atoms with E-state index >= 15 is 0 Å². The minimum absolute atomic E-state index is 0.599. The summed E-state index contributed by atoms with van der Waals surface area (Å²) in [5.41, 5.74) is 11.5. The molecular formula is C50H32N6. The largest absolute Gasteiger partial charge is 0.309 e. The molecule has 0 N–H and O–H groups in total. The second kappa shape index (κ2) is 13.0. The van der Waals surface area contributed by atoms with Gasteiger partial charge in [-0.15, -0.1) is 0 Å². The maximum absolute atomic E-state index is 5.19. The third kappa shape index (κ3) is 5.19. The van der Waals surface area contributed by atoms with Crippen molar-refractivity contribution in [2.75, 3.05) is 0 Å². The van der Waals surface area contributed by atoms with E-state index in [9.17, 15) is 0 Å². The first kappa shape index (κ1) is 31.8. The van der Waals surface area contributed by atoms with Crippen molar-refractivity contribution in [2.45, 2.75) is 0 Å². The number of nitrogens with zero attached hydrogens (tertiary/aromatic N) is 6. The first-order valence-corrected chi connectivity index (χ1v) is 18.7. The molecule has 0 aliphatic rings. The van der Waals surface area contributed by atoms with Crippen molar-refractivity contribution < 1.29 is 0 Å². The highest BCUT2D eigenvalue weighted by Crippen LogP contribution is 2.40. The van der Waals surface area contributed by atoms with Crippen LogP contribution < -0.4 is 0 Å². The lowest BCUT2D eigenvalue weighted by atomic mass is 10.0. The van der Waals surface area contributed by atoms with Crippen LogP contribution >= 0.6 is 0 Å². The monoisotopic (exact) mass is 716 g/mol. The summed E-state index contributed by atoms with van der Waals surface area (Å²) in [5.74, 6) is 1.84. The van der Waals surface area contributed by atoms with E-state index in [4.69, 9.17) is 15.0 Å². The second-order valence-electron chi connectivity index (χ2n) is 13.9. The minimum Gasteiger partial charge on any atom is -0.309 e. The number of aromatic nitrogens is 6. The Morgan fingerprint density at radius 3 is 1.43 bits per heavy atom. The van der Waals surface area contributed by atoms with Crippen molar-refractivity contribution in [1.82, 2.24) is 29.1 Å². The molecule has 4 heterocycles. The van der Waals surface area contributed by atoms with E-state index in [1.807, 2.05) is 85.2 Å². The molecule has 0 bridgehead atoms. The first-order chi connectivity index (χ1) is 27.8. The van der Waals surface area contributed by atoms with E-state index < -0.39 is 0 Å². The highest BCUT2D eigenvalue weighted by atomic mass is 15.1. The molecule has 0 aliphatic heterocycles. The maximum atomic E-state index is 5.19. The molecule has 56 heavy (non-hydrogen) atoms. The number of benzene rings is 7. The quantitative estimate of drug-likeness (QED) is 0.172. The molecule has 7 aromatic carbocycles. The van der Waals surface area contributed by atoms with Crippen LogP contribution in [0.15, 0.2) is 194 Å². The van der Waals surface area contributed by atoms with E-state index in [0.717, 1.165) is 61.0 Å². The Morgan fingerprint density at radius 2 is 0.821 bits per heavy atom. The van der Waals surface area contributed by atoms with E-state index in [2.05, 4.69) is 123 Å². The molecule has 0 radical (unpaired) electrons. The zero-order valence-corrected chi connectivity index (χ0v) is 30.2. The van der Waals surface area contributed by atoms with Crippen molar-refractivity contribution >= 4 is 43.6 Å². The van der Waals surface area contributed by atoms with Crippen LogP contribution in [0.3, 0.4) is 0 Å². The van der Waals surface area contributed by atoms with E-state index in [1.165, 1.54) is 21.8 Å². The molecule has 262 valence electrons. The first-order valence-electron chi connectivity index (χ1n) is 18.7. The number of para-hydroxylation sites is 3. The van der Waals surface area contributed by atoms with Gasteiger partial charge in [0.1, 0.15) is 0 Å². The Balaban J connectivity index is 1.19. The van der Waals surface area contributed by atoms with Crippen LogP contribution in [-0.2, 0) is 0 Å². The number of hydrogen-bond acceptors (Lipinski definition) is 4. The molecule has 4 aromatic heterocycles. The lowest BCUT2D eigenvalue weighted by molar-refractivity contribution is 1.06. The Bertz CT molecular complexity index is 3130. The number of fused-ring (bicyclic) bond motifs is 6. The summed E-state index contributed by atoms with van der Waals surface area (Å²) in [6, 6.07) is 63.7. The van der Waals surface area contributed by atoms with Crippen LogP contribution in [0.4, 0.5) is 0 Å². The Kier molecular flexibility index (Phi) is 7.38. The highest BCUT2D eigenvalue weighted by molar-refractivity contribution is 6.12. The second-order valence-corrected chi connectivity index (χ2v) is 13.9. The van der Waals surface area contributed by atoms with E-state index in [1.54, 1.807) is 0 Å². The summed E-state index contributed by atoms with van der Waals surface area (Å²) < 4.78 is 4.75. The standard InChI is InChI=1S/C50H32N6/c1-3-13-34(14-4-1)48-52-49(35-15-5-2-6-16-35)54-50(53-48)41-25-23-36(33-27-29-51-30-28-33)31-47(41)56-45-22-12-9-19-40(45)42-32-37(24-26-46(42)56)55-43-20-10-7-17-38(43)39-18-8-11-21-44(39)55/h1-32H. The third-order valence-corrected chi connectivity index (χ3v) is 10.7. The predicted octanol–water partition coefficient (Wildman–Crippen LogP) is 12.1. The van der Waals surface area contributed by atoms with Gasteiger partial charge < -0.3 is 9.13 Å². The van der Waals surface area contributed by atoms with Gasteiger partial charge >= 0.3 is 0 Å². The maximum Gasteiger partial charge on any atom is 0.166 e. The lowest BCUT2D eigenvalue weighted by Gasteiger charge is -2.16. The zero-order chi connectivity index (χ0) is 37.0. The van der Waals surface area contributed by atoms with Crippen LogP contribution in [0.2, 0.25) is 0 Å². The van der Waals surface area contributed by atoms with Crippen molar-refractivity contribution in [3.05, 3.63) is 194 Å². The lowest BCUT2D eigenvalue weighted by Crippen LogP contribution is -2.04. The van der Waals surface area contributed by atoms with E-state index in [0.29, 0.717) is 17.5 Å². The van der Waals surface area contributed by atoms with Crippen LogP contribution in [0.5, 0.6) is 0 Å². The van der Waals surface area contributed by atoms with Gasteiger partial charge in [-0.25, -0.2) is 15.0 Å². The van der Waals surface area contributed by atoms with Crippen molar-refractivity contribution in [1.29, 1.82) is 0 Å². The summed E-state index contributed by atoms with van der Waals surface area (Å²) in [6.45, 7) is 0. The summed E-state index contributed by atoms with van der Waals surface area (Å²) in [7, 11) is 0. The van der Waals surface area contributed by atoms with Gasteiger partial charge in [-0.2, -0.15) is 0 Å². The third-order valence-electron chi connectivity index (χ3n) is 10.7. The normalized spacial score (nSPS) is 11.6. The summed E-state index contributed by atoms with van der Waals surface area (Å²) in [6.07, 6.45) is 3.67. The van der Waals surface area contributed by atoms with Crippen LogP contribution in [0, 0.1) is 0 Å². The van der Waals surface area contributed by atoms with Crippen molar-refractivity contribution in [3.63, 3.8) is 0 Å². The SMILES string of the molecule is c1ccc(-c2nc(-c3ccccc3)nc(-c3ccc(-c4ccncc4)cc3-n3c4ccccc4c4cc(-n5c6ccccc6c6ccccc65)ccc43)n2)cc1. The minimum atomic E-state index is 0.599. The molecule has 0 aliphatic carbocycles. The smallest absolute Gasteiger partial charge is 0.166 e. The molecule has 0 fully saturated rings. The Labute approximate surface area is 322 Å². The molecule has 0 spiro atoms. The average Bonchev–Trinajstić information content (AvgIpc) is 3.79. The van der Waals surface area contributed by atoms with Crippen LogP contribution in [-0.4, -0.2) is 29.1 Å². The van der Waals surface area contributed by atoms with Gasteiger partial charge in [-0.1, -0.05) is 121 Å². The van der Waals surface area contributed by atoms with Gasteiger partial charge in [0, 0.05) is 56.3 Å². The van der Waals surface area contributed by atoms with Gasteiger partial charge in [0.25, 0.3) is 0 Å². The fourth-order valence-corrected chi connectivity index (χ4v) is 8.12. The van der Waals surface area contributed by atoms with Gasteiger partial charge in [-0.05, 0) is 71.8 Å². The molecule has 0 atom stereocenters. The number of pyridine rings is 1. The molecule has 11 aromatic rings. The molecule has 0 amide bonds. The van der Waals surface area contributed by atoms with Gasteiger partial charge in [0.05, 0.1) is 27.8 Å². The van der Waals surface area contributed by atoms with Crippen LogP contribution in [0.25, 0.3) is 100 Å². The zero-order valence-electron chi connectivity index (χ0n) is 30.2. The fourth-order valence-electron chi connectivity index (χ4n) is 8.12. The molecule has 0 unspecified atom stereocenters. The molecule has 6 nitrogen and oxygen atoms in total. The van der Waals surface area contributed by atoms with Crippen LogP contribution in [0.1, 0.15) is 0 Å². The summed E-state index contributed by atoms with van der Waals surface area (Å²) in [4.78, 5) is 19.7. The Morgan fingerprint density at radius 1 is 0.321 bits per heavy atom. The molecule has 0 saturated carbocycles. The van der Waals surface area contributed by atoms with Gasteiger partial charge in [0.2, 0.25) is 0 Å². The van der Waals surface area contributed by atoms with Gasteiger partial charge in [-0.3, -0.25) is 4.98 Å².